The summed E-state index contributed by atoms with van der Waals surface area (Å²) in [5, 5.41) is 22.6. The van der Waals surface area contributed by atoms with Gasteiger partial charge in [0, 0.05) is 17.1 Å². The van der Waals surface area contributed by atoms with Crippen LogP contribution in [0.4, 0.5) is 10.8 Å². The van der Waals surface area contributed by atoms with Crippen molar-refractivity contribution in [2.75, 3.05) is 5.32 Å². The van der Waals surface area contributed by atoms with Crippen molar-refractivity contribution in [1.82, 2.24) is 10.2 Å². The summed E-state index contributed by atoms with van der Waals surface area (Å²) < 4.78 is 5.27. The second-order valence-corrected chi connectivity index (χ2v) is 6.55. The van der Waals surface area contributed by atoms with E-state index in [4.69, 9.17) is 4.42 Å². The third-order valence-electron chi connectivity index (χ3n) is 3.64. The zero-order valence-electron chi connectivity index (χ0n) is 13.2. The third kappa shape index (κ3) is 3.09. The van der Waals surface area contributed by atoms with E-state index in [9.17, 15) is 9.90 Å². The summed E-state index contributed by atoms with van der Waals surface area (Å²) in [6.45, 7) is 2.01. The number of aromatic hydroxyl groups is 1. The number of nitrogens with one attached hydrogen (secondary N) is 1. The van der Waals surface area contributed by atoms with Gasteiger partial charge in [-0.25, -0.2) is 4.79 Å². The predicted octanol–water partition coefficient (Wildman–Crippen LogP) is 4.07. The van der Waals surface area contributed by atoms with Crippen LogP contribution in [-0.4, -0.2) is 15.3 Å². The lowest BCUT2D eigenvalue weighted by molar-refractivity contribution is 0.473. The SMILES string of the molecule is Cc1cccc(Nc2nnc(-c3cc4ccc(O)cc4oc3=O)s2)c1. The highest BCUT2D eigenvalue weighted by atomic mass is 32.1. The van der Waals surface area contributed by atoms with Crippen molar-refractivity contribution in [2.24, 2.45) is 0 Å². The second-order valence-electron chi connectivity index (χ2n) is 5.58. The molecule has 0 amide bonds. The van der Waals surface area contributed by atoms with Gasteiger partial charge in [-0.05, 0) is 42.8 Å². The van der Waals surface area contributed by atoms with Crippen LogP contribution in [0, 0.1) is 6.92 Å². The summed E-state index contributed by atoms with van der Waals surface area (Å²) in [5.74, 6) is 0.0453. The molecule has 0 radical (unpaired) electrons. The molecular weight excluding hydrogens is 338 g/mol. The number of anilines is 2. The molecule has 2 aromatic carbocycles. The summed E-state index contributed by atoms with van der Waals surface area (Å²) >= 11 is 1.27. The molecule has 6 nitrogen and oxygen atoms in total. The lowest BCUT2D eigenvalue weighted by Crippen LogP contribution is -2.02. The molecule has 0 saturated heterocycles. The molecule has 0 fully saturated rings. The van der Waals surface area contributed by atoms with Gasteiger partial charge in [-0.2, -0.15) is 0 Å². The Labute approximate surface area is 146 Å². The van der Waals surface area contributed by atoms with E-state index in [0.29, 0.717) is 26.7 Å². The van der Waals surface area contributed by atoms with Crippen molar-refractivity contribution in [3.63, 3.8) is 0 Å². The van der Waals surface area contributed by atoms with Crippen LogP contribution >= 0.6 is 11.3 Å². The minimum Gasteiger partial charge on any atom is -0.508 e. The van der Waals surface area contributed by atoms with Gasteiger partial charge in [-0.15, -0.1) is 10.2 Å². The van der Waals surface area contributed by atoms with Crippen LogP contribution in [-0.2, 0) is 0 Å². The van der Waals surface area contributed by atoms with E-state index in [1.807, 2.05) is 31.2 Å². The number of benzene rings is 2. The molecule has 0 saturated carbocycles. The van der Waals surface area contributed by atoms with Gasteiger partial charge in [0.25, 0.3) is 0 Å². The van der Waals surface area contributed by atoms with Gasteiger partial charge in [0.2, 0.25) is 5.13 Å². The van der Waals surface area contributed by atoms with Gasteiger partial charge >= 0.3 is 5.63 Å². The first-order valence-corrected chi connectivity index (χ1v) is 8.34. The summed E-state index contributed by atoms with van der Waals surface area (Å²) in [6, 6.07) is 14.2. The van der Waals surface area contributed by atoms with Gasteiger partial charge in [-0.3, -0.25) is 0 Å². The van der Waals surface area contributed by atoms with Gasteiger partial charge in [0.05, 0.1) is 5.56 Å². The molecule has 2 aromatic heterocycles. The Balaban J connectivity index is 1.70. The molecule has 124 valence electrons. The van der Waals surface area contributed by atoms with Gasteiger partial charge in [0.1, 0.15) is 11.3 Å². The van der Waals surface area contributed by atoms with Gasteiger partial charge in [-0.1, -0.05) is 23.5 Å². The summed E-state index contributed by atoms with van der Waals surface area (Å²) in [7, 11) is 0. The Kier molecular flexibility index (Phi) is 3.70. The minimum absolute atomic E-state index is 0.0453. The fraction of sp³-hybridized carbons (Fsp3) is 0.0556. The van der Waals surface area contributed by atoms with Crippen molar-refractivity contribution in [2.45, 2.75) is 6.92 Å². The molecule has 2 N–H and O–H groups in total. The first-order chi connectivity index (χ1) is 12.1. The van der Waals surface area contributed by atoms with E-state index >= 15 is 0 Å². The Morgan fingerprint density at radius 2 is 2.00 bits per heavy atom. The van der Waals surface area contributed by atoms with Gasteiger partial charge in [0.15, 0.2) is 5.01 Å². The monoisotopic (exact) mass is 351 g/mol. The van der Waals surface area contributed by atoms with Gasteiger partial charge < -0.3 is 14.8 Å². The number of rotatable bonds is 3. The topological polar surface area (TPSA) is 88.2 Å². The second kappa shape index (κ2) is 6.03. The molecule has 0 unspecified atom stereocenters. The standard InChI is InChI=1S/C18H13N3O3S/c1-10-3-2-4-12(7-10)19-18-21-20-16(25-18)14-8-11-5-6-13(22)9-15(11)24-17(14)23/h2-9,22H,1H3,(H,19,21). The summed E-state index contributed by atoms with van der Waals surface area (Å²) in [5.41, 5.74) is 2.19. The first-order valence-electron chi connectivity index (χ1n) is 7.53. The predicted molar refractivity (Wildman–Crippen MR) is 97.5 cm³/mol. The highest BCUT2D eigenvalue weighted by Crippen LogP contribution is 2.29. The maximum Gasteiger partial charge on any atom is 0.346 e. The lowest BCUT2D eigenvalue weighted by Gasteiger charge is -2.02. The van der Waals surface area contributed by atoms with E-state index in [1.165, 1.54) is 23.5 Å². The Bertz CT molecular complexity index is 1130. The summed E-state index contributed by atoms with van der Waals surface area (Å²) in [6.07, 6.45) is 0. The number of nitrogens with zero attached hydrogens (tertiary/aromatic N) is 2. The van der Waals surface area contributed by atoms with Crippen molar-refractivity contribution in [1.29, 1.82) is 0 Å². The van der Waals surface area contributed by atoms with E-state index in [2.05, 4.69) is 15.5 Å². The Morgan fingerprint density at radius 3 is 2.84 bits per heavy atom. The minimum atomic E-state index is -0.517. The average Bonchev–Trinajstić information content (AvgIpc) is 3.02. The van der Waals surface area contributed by atoms with Crippen molar-refractivity contribution >= 4 is 33.1 Å². The van der Waals surface area contributed by atoms with E-state index in [0.717, 1.165) is 11.3 Å². The first kappa shape index (κ1) is 15.3. The van der Waals surface area contributed by atoms with E-state index in [-0.39, 0.29) is 5.75 Å². The number of aromatic nitrogens is 2. The molecule has 25 heavy (non-hydrogen) atoms. The number of hydrogen-bond donors (Lipinski definition) is 2. The molecule has 0 atom stereocenters. The van der Waals surface area contributed by atoms with E-state index < -0.39 is 5.63 Å². The highest BCUT2D eigenvalue weighted by Gasteiger charge is 2.13. The molecule has 4 rings (SSSR count). The molecule has 7 heteroatoms. The van der Waals surface area contributed by atoms with E-state index in [1.54, 1.807) is 12.1 Å². The lowest BCUT2D eigenvalue weighted by atomic mass is 10.2. The fourth-order valence-electron chi connectivity index (χ4n) is 2.48. The van der Waals surface area contributed by atoms with Crippen molar-refractivity contribution in [3.05, 3.63) is 64.5 Å². The molecule has 0 aliphatic carbocycles. The molecular formula is C18H13N3O3S. The largest absolute Gasteiger partial charge is 0.508 e. The maximum absolute atomic E-state index is 12.2. The maximum atomic E-state index is 12.2. The fourth-order valence-corrected chi connectivity index (χ4v) is 3.25. The summed E-state index contributed by atoms with van der Waals surface area (Å²) in [4.78, 5) is 12.2. The molecule has 0 bridgehead atoms. The smallest absolute Gasteiger partial charge is 0.346 e. The Morgan fingerprint density at radius 1 is 1.12 bits per heavy atom. The number of phenolic OH excluding ortho intramolecular Hbond substituents is 1. The van der Waals surface area contributed by atoms with Crippen molar-refractivity contribution in [3.8, 4) is 16.3 Å². The highest BCUT2D eigenvalue weighted by molar-refractivity contribution is 7.18. The molecule has 0 aliphatic rings. The zero-order valence-corrected chi connectivity index (χ0v) is 14.0. The van der Waals surface area contributed by atoms with Crippen LogP contribution in [0.5, 0.6) is 5.75 Å². The van der Waals surface area contributed by atoms with Crippen LogP contribution in [0.3, 0.4) is 0 Å². The zero-order chi connectivity index (χ0) is 17.4. The Hall–Kier alpha value is -3.19. The molecule has 4 aromatic rings. The molecule has 0 spiro atoms. The van der Waals surface area contributed by atoms with Crippen LogP contribution in [0.2, 0.25) is 0 Å². The van der Waals surface area contributed by atoms with Crippen molar-refractivity contribution < 1.29 is 9.52 Å². The van der Waals surface area contributed by atoms with Crippen LogP contribution in [0.1, 0.15) is 5.56 Å². The van der Waals surface area contributed by atoms with Crippen LogP contribution in [0.15, 0.2) is 57.7 Å². The third-order valence-corrected chi connectivity index (χ3v) is 4.52. The average molecular weight is 351 g/mol. The normalized spacial score (nSPS) is 10.9. The number of aryl methyl sites for hydroxylation is 1. The number of hydrogen-bond acceptors (Lipinski definition) is 7. The van der Waals surface area contributed by atoms with Crippen LogP contribution < -0.4 is 10.9 Å². The molecule has 2 heterocycles. The molecule has 0 aliphatic heterocycles. The quantitative estimate of drug-likeness (QED) is 0.541. The van der Waals surface area contributed by atoms with Crippen LogP contribution in [0.25, 0.3) is 21.5 Å². The number of fused-ring (bicyclic) bond motifs is 1. The number of phenols is 1.